The van der Waals surface area contributed by atoms with Crippen molar-refractivity contribution in [2.75, 3.05) is 0 Å². The molecule has 3 nitrogen and oxygen atoms in total. The van der Waals surface area contributed by atoms with Crippen molar-refractivity contribution in [1.82, 2.24) is 4.98 Å². The maximum atomic E-state index is 5.57. The van der Waals surface area contributed by atoms with Crippen molar-refractivity contribution in [2.24, 2.45) is 5.73 Å². The molecular weight excluding hydrogens is 200 g/mol. The van der Waals surface area contributed by atoms with Gasteiger partial charge in [0.05, 0.1) is 0 Å². The van der Waals surface area contributed by atoms with Crippen LogP contribution in [0.2, 0.25) is 0 Å². The van der Waals surface area contributed by atoms with Crippen LogP contribution in [0.5, 0.6) is 5.88 Å². The highest BCUT2D eigenvalue weighted by molar-refractivity contribution is 5.21. The lowest BCUT2D eigenvalue weighted by molar-refractivity contribution is 0.293. The number of ether oxygens (including phenoxy) is 1. The van der Waals surface area contributed by atoms with E-state index in [1.807, 2.05) is 42.5 Å². The summed E-state index contributed by atoms with van der Waals surface area (Å²) in [7, 11) is 0. The molecule has 16 heavy (non-hydrogen) atoms. The Labute approximate surface area is 94.9 Å². The molecule has 1 aromatic heterocycles. The molecule has 0 spiro atoms. The number of nitrogens with two attached hydrogens (primary N) is 1. The van der Waals surface area contributed by atoms with E-state index in [1.165, 1.54) is 0 Å². The van der Waals surface area contributed by atoms with Crippen molar-refractivity contribution >= 4 is 0 Å². The van der Waals surface area contributed by atoms with E-state index in [1.54, 1.807) is 6.20 Å². The molecule has 2 rings (SSSR count). The molecule has 1 aromatic carbocycles. The Morgan fingerprint density at radius 2 is 1.88 bits per heavy atom. The lowest BCUT2D eigenvalue weighted by atomic mass is 10.2. The molecule has 0 aliphatic rings. The number of rotatable bonds is 4. The first-order valence-electron chi connectivity index (χ1n) is 5.20. The van der Waals surface area contributed by atoms with E-state index in [4.69, 9.17) is 10.5 Å². The molecule has 0 atom stereocenters. The minimum absolute atomic E-state index is 0.504. The molecule has 0 saturated carbocycles. The zero-order valence-corrected chi connectivity index (χ0v) is 8.97. The van der Waals surface area contributed by atoms with Gasteiger partial charge >= 0.3 is 0 Å². The van der Waals surface area contributed by atoms with Gasteiger partial charge in [0.25, 0.3) is 0 Å². The van der Waals surface area contributed by atoms with Crippen LogP contribution in [0.1, 0.15) is 11.1 Å². The maximum Gasteiger partial charge on any atom is 0.213 e. The predicted octanol–water partition coefficient (Wildman–Crippen LogP) is 2.12. The third-order valence-corrected chi connectivity index (χ3v) is 2.26. The number of benzene rings is 1. The van der Waals surface area contributed by atoms with Gasteiger partial charge in [-0.25, -0.2) is 4.98 Å². The molecule has 3 heteroatoms. The Morgan fingerprint density at radius 1 is 1.06 bits per heavy atom. The summed E-state index contributed by atoms with van der Waals surface area (Å²) in [5.41, 5.74) is 7.70. The second-order valence-corrected chi connectivity index (χ2v) is 3.48. The van der Waals surface area contributed by atoms with Crippen LogP contribution < -0.4 is 10.5 Å². The van der Waals surface area contributed by atoms with Gasteiger partial charge in [-0.3, -0.25) is 0 Å². The molecule has 2 N–H and O–H groups in total. The topological polar surface area (TPSA) is 48.1 Å². The molecule has 0 bridgehead atoms. The summed E-state index contributed by atoms with van der Waals surface area (Å²) in [4.78, 5) is 4.12. The summed E-state index contributed by atoms with van der Waals surface area (Å²) >= 11 is 0. The van der Waals surface area contributed by atoms with Crippen molar-refractivity contribution in [3.63, 3.8) is 0 Å². The number of pyridine rings is 1. The molecule has 1 heterocycles. The Kier molecular flexibility index (Phi) is 3.51. The zero-order chi connectivity index (χ0) is 11.2. The van der Waals surface area contributed by atoms with Crippen molar-refractivity contribution in [1.29, 1.82) is 0 Å². The maximum absolute atomic E-state index is 5.57. The van der Waals surface area contributed by atoms with E-state index < -0.39 is 0 Å². The zero-order valence-electron chi connectivity index (χ0n) is 8.97. The van der Waals surface area contributed by atoms with Crippen LogP contribution in [0.25, 0.3) is 0 Å². The lowest BCUT2D eigenvalue weighted by Gasteiger charge is -2.06. The van der Waals surface area contributed by atoms with E-state index >= 15 is 0 Å². The quantitative estimate of drug-likeness (QED) is 0.848. The fourth-order valence-electron chi connectivity index (χ4n) is 1.39. The van der Waals surface area contributed by atoms with E-state index in [9.17, 15) is 0 Å². The average molecular weight is 214 g/mol. The van der Waals surface area contributed by atoms with Crippen molar-refractivity contribution in [3.05, 3.63) is 59.8 Å². The average Bonchev–Trinajstić information content (AvgIpc) is 2.38. The van der Waals surface area contributed by atoms with E-state index in [2.05, 4.69) is 4.98 Å². The normalized spacial score (nSPS) is 10.1. The fourth-order valence-corrected chi connectivity index (χ4v) is 1.39. The van der Waals surface area contributed by atoms with Crippen LogP contribution >= 0.6 is 0 Å². The lowest BCUT2D eigenvalue weighted by Crippen LogP contribution is -2.00. The van der Waals surface area contributed by atoms with Gasteiger partial charge in [0.15, 0.2) is 0 Å². The van der Waals surface area contributed by atoms with Crippen molar-refractivity contribution < 1.29 is 4.74 Å². The third kappa shape index (κ3) is 2.81. The van der Waals surface area contributed by atoms with Crippen LogP contribution in [0.15, 0.2) is 48.7 Å². The second kappa shape index (κ2) is 5.28. The number of aromatic nitrogens is 1. The van der Waals surface area contributed by atoms with Gasteiger partial charge in [-0.05, 0) is 17.2 Å². The molecule has 0 aliphatic carbocycles. The summed E-state index contributed by atoms with van der Waals surface area (Å²) in [6, 6.07) is 13.7. The summed E-state index contributed by atoms with van der Waals surface area (Å²) in [5.74, 6) is 0.617. The third-order valence-electron chi connectivity index (χ3n) is 2.26. The highest BCUT2D eigenvalue weighted by atomic mass is 16.5. The largest absolute Gasteiger partial charge is 0.473 e. The number of hydrogen-bond acceptors (Lipinski definition) is 3. The minimum atomic E-state index is 0.504. The van der Waals surface area contributed by atoms with Crippen molar-refractivity contribution in [2.45, 2.75) is 13.2 Å². The molecule has 82 valence electrons. The summed E-state index contributed by atoms with van der Waals surface area (Å²) in [5, 5.41) is 0. The van der Waals surface area contributed by atoms with E-state index in [0.29, 0.717) is 19.0 Å². The molecule has 2 aromatic rings. The first-order chi connectivity index (χ1) is 7.88. The van der Waals surface area contributed by atoms with Crippen LogP contribution in [0, 0.1) is 0 Å². The molecule has 0 unspecified atom stereocenters. The number of hydrogen-bond donors (Lipinski definition) is 1. The Bertz CT molecular complexity index is 443. The standard InChI is InChI=1S/C13H14N2O/c14-9-12-6-7-15-13(8-12)16-10-11-4-2-1-3-5-11/h1-8H,9-10,14H2. The SMILES string of the molecule is NCc1ccnc(OCc2ccccc2)c1. The molecule has 0 fully saturated rings. The number of nitrogens with zero attached hydrogens (tertiary/aromatic N) is 1. The van der Waals surface area contributed by atoms with Crippen LogP contribution in [0.4, 0.5) is 0 Å². The van der Waals surface area contributed by atoms with Gasteiger partial charge in [0.1, 0.15) is 6.61 Å². The van der Waals surface area contributed by atoms with Gasteiger partial charge < -0.3 is 10.5 Å². The highest BCUT2D eigenvalue weighted by Crippen LogP contribution is 2.11. The summed E-state index contributed by atoms with van der Waals surface area (Å²) in [6.07, 6.45) is 1.71. The summed E-state index contributed by atoms with van der Waals surface area (Å²) in [6.45, 7) is 1.03. The van der Waals surface area contributed by atoms with E-state index in [-0.39, 0.29) is 0 Å². The highest BCUT2D eigenvalue weighted by Gasteiger charge is 1.97. The van der Waals surface area contributed by atoms with Crippen LogP contribution in [-0.2, 0) is 13.2 Å². The van der Waals surface area contributed by atoms with Gasteiger partial charge in [0, 0.05) is 18.8 Å². The van der Waals surface area contributed by atoms with Crippen LogP contribution in [0.3, 0.4) is 0 Å². The molecule has 0 aliphatic heterocycles. The molecule has 0 amide bonds. The fraction of sp³-hybridized carbons (Fsp3) is 0.154. The second-order valence-electron chi connectivity index (χ2n) is 3.48. The van der Waals surface area contributed by atoms with Gasteiger partial charge in [-0.1, -0.05) is 30.3 Å². The monoisotopic (exact) mass is 214 g/mol. The summed E-state index contributed by atoms with van der Waals surface area (Å²) < 4.78 is 5.57. The minimum Gasteiger partial charge on any atom is -0.473 e. The smallest absolute Gasteiger partial charge is 0.213 e. The van der Waals surface area contributed by atoms with Gasteiger partial charge in [0.2, 0.25) is 5.88 Å². The van der Waals surface area contributed by atoms with Crippen LogP contribution in [-0.4, -0.2) is 4.98 Å². The Hall–Kier alpha value is -1.87. The molecule has 0 saturated heterocycles. The first kappa shape index (κ1) is 10.6. The molecule has 0 radical (unpaired) electrons. The van der Waals surface area contributed by atoms with E-state index in [0.717, 1.165) is 11.1 Å². The van der Waals surface area contributed by atoms with Gasteiger partial charge in [-0.2, -0.15) is 0 Å². The van der Waals surface area contributed by atoms with Gasteiger partial charge in [-0.15, -0.1) is 0 Å². The first-order valence-corrected chi connectivity index (χ1v) is 5.20. The molecular formula is C13H14N2O. The van der Waals surface area contributed by atoms with Crippen molar-refractivity contribution in [3.8, 4) is 5.88 Å². The Balaban J connectivity index is 1.99. The Morgan fingerprint density at radius 3 is 2.62 bits per heavy atom. The predicted molar refractivity (Wildman–Crippen MR) is 62.9 cm³/mol.